The molecular weight excluding hydrogens is 356 g/mol. The van der Waals surface area contributed by atoms with Gasteiger partial charge in [-0.3, -0.25) is 9.59 Å². The molecule has 0 saturated carbocycles. The standard InChI is InChI=1S/C21H20N4O3/c1-24-16-6-3-2-5-14(16)23-20(24)17-7-4-10-25(17)21(27)13-8-9-18-15(11-13)22-19(26)12-28-18/h2-3,5-6,8-9,11,17H,4,7,10,12H2,1H3,(H,22,26). The first-order valence-electron chi connectivity index (χ1n) is 9.41. The molecule has 0 spiro atoms. The molecule has 2 aliphatic rings. The maximum Gasteiger partial charge on any atom is 0.262 e. The Morgan fingerprint density at radius 2 is 2.11 bits per heavy atom. The number of imidazole rings is 1. The van der Waals surface area contributed by atoms with Gasteiger partial charge in [-0.25, -0.2) is 4.98 Å². The van der Waals surface area contributed by atoms with Crippen LogP contribution in [0.5, 0.6) is 5.75 Å². The summed E-state index contributed by atoms with van der Waals surface area (Å²) in [6.45, 7) is 0.688. The van der Waals surface area contributed by atoms with Crippen LogP contribution in [0.1, 0.15) is 35.1 Å². The number of nitrogens with zero attached hydrogens (tertiary/aromatic N) is 3. The van der Waals surface area contributed by atoms with E-state index in [1.165, 1.54) is 0 Å². The van der Waals surface area contributed by atoms with Gasteiger partial charge in [0.05, 0.1) is 22.8 Å². The van der Waals surface area contributed by atoms with E-state index in [9.17, 15) is 9.59 Å². The summed E-state index contributed by atoms with van der Waals surface area (Å²) in [5.41, 5.74) is 3.08. The Bertz CT molecular complexity index is 1100. The molecule has 3 aromatic rings. The summed E-state index contributed by atoms with van der Waals surface area (Å²) in [4.78, 5) is 31.5. The zero-order valence-corrected chi connectivity index (χ0v) is 15.5. The summed E-state index contributed by atoms with van der Waals surface area (Å²) in [7, 11) is 2.00. The van der Waals surface area contributed by atoms with E-state index < -0.39 is 0 Å². The minimum absolute atomic E-state index is 0.00120. The van der Waals surface area contributed by atoms with Crippen molar-refractivity contribution in [3.05, 3.63) is 53.9 Å². The Labute approximate surface area is 161 Å². The summed E-state index contributed by atoms with van der Waals surface area (Å²) in [6.07, 6.45) is 1.82. The first-order chi connectivity index (χ1) is 13.6. The Kier molecular flexibility index (Phi) is 3.82. The summed E-state index contributed by atoms with van der Waals surface area (Å²) in [6, 6.07) is 13.1. The number of carbonyl (C=O) groups is 2. The number of likely N-dealkylation sites (tertiary alicyclic amines) is 1. The lowest BCUT2D eigenvalue weighted by atomic mass is 10.1. The molecule has 0 bridgehead atoms. The zero-order chi connectivity index (χ0) is 19.3. The minimum atomic E-state index is -0.212. The second-order valence-corrected chi connectivity index (χ2v) is 7.22. The third kappa shape index (κ3) is 2.62. The van der Waals surface area contributed by atoms with Gasteiger partial charge in [-0.1, -0.05) is 12.1 Å². The molecule has 3 heterocycles. The van der Waals surface area contributed by atoms with Gasteiger partial charge in [-0.2, -0.15) is 0 Å². The Morgan fingerprint density at radius 3 is 2.96 bits per heavy atom. The molecule has 1 N–H and O–H groups in total. The molecule has 7 nitrogen and oxygen atoms in total. The topological polar surface area (TPSA) is 76.5 Å². The molecule has 28 heavy (non-hydrogen) atoms. The van der Waals surface area contributed by atoms with Crippen LogP contribution in [0, 0.1) is 0 Å². The average Bonchev–Trinajstić information content (AvgIpc) is 3.32. The molecule has 1 unspecified atom stereocenters. The SMILES string of the molecule is Cn1c(C2CCCN2C(=O)c2ccc3c(c2)NC(=O)CO3)nc2ccccc21. The first kappa shape index (κ1) is 16.8. The number of para-hydroxylation sites is 2. The van der Waals surface area contributed by atoms with Crippen LogP contribution in [0.15, 0.2) is 42.5 Å². The van der Waals surface area contributed by atoms with Crippen molar-refractivity contribution in [3.8, 4) is 5.75 Å². The van der Waals surface area contributed by atoms with Gasteiger partial charge in [0.15, 0.2) is 6.61 Å². The predicted molar refractivity (Wildman–Crippen MR) is 104 cm³/mol. The summed E-state index contributed by atoms with van der Waals surface area (Å²) >= 11 is 0. The maximum atomic E-state index is 13.3. The number of rotatable bonds is 2. The van der Waals surface area contributed by atoms with Crippen LogP contribution < -0.4 is 10.1 Å². The molecule has 5 rings (SSSR count). The molecule has 1 fully saturated rings. The number of fused-ring (bicyclic) bond motifs is 2. The number of hydrogen-bond donors (Lipinski definition) is 1. The van der Waals surface area contributed by atoms with Crippen molar-refractivity contribution >= 4 is 28.5 Å². The average molecular weight is 376 g/mol. The van der Waals surface area contributed by atoms with Gasteiger partial charge in [0.2, 0.25) is 0 Å². The van der Waals surface area contributed by atoms with Crippen LogP contribution in [-0.2, 0) is 11.8 Å². The van der Waals surface area contributed by atoms with Crippen molar-refractivity contribution in [1.82, 2.24) is 14.5 Å². The fourth-order valence-corrected chi connectivity index (χ4v) is 4.12. The molecule has 0 aliphatic carbocycles. The second kappa shape index (κ2) is 6.37. The molecule has 0 radical (unpaired) electrons. The maximum absolute atomic E-state index is 13.3. The monoisotopic (exact) mass is 376 g/mol. The molecule has 1 atom stereocenters. The smallest absolute Gasteiger partial charge is 0.262 e. The zero-order valence-electron chi connectivity index (χ0n) is 15.5. The summed E-state index contributed by atoms with van der Waals surface area (Å²) < 4.78 is 7.46. The Balaban J connectivity index is 1.48. The highest BCUT2D eigenvalue weighted by atomic mass is 16.5. The summed E-state index contributed by atoms with van der Waals surface area (Å²) in [5, 5.41) is 2.76. The molecule has 2 aliphatic heterocycles. The van der Waals surface area contributed by atoms with Crippen molar-refractivity contribution in [2.24, 2.45) is 7.05 Å². The Morgan fingerprint density at radius 1 is 1.25 bits per heavy atom. The molecule has 1 aromatic heterocycles. The van der Waals surface area contributed by atoms with Crippen molar-refractivity contribution in [1.29, 1.82) is 0 Å². The van der Waals surface area contributed by atoms with Crippen LogP contribution in [0.3, 0.4) is 0 Å². The van der Waals surface area contributed by atoms with E-state index in [1.54, 1.807) is 18.2 Å². The van der Waals surface area contributed by atoms with Crippen molar-refractivity contribution < 1.29 is 14.3 Å². The number of amides is 2. The van der Waals surface area contributed by atoms with Gasteiger partial charge in [0.25, 0.3) is 11.8 Å². The molecule has 2 amide bonds. The van der Waals surface area contributed by atoms with Gasteiger partial charge in [-0.05, 0) is 43.2 Å². The van der Waals surface area contributed by atoms with E-state index in [2.05, 4.69) is 9.88 Å². The highest BCUT2D eigenvalue weighted by Gasteiger charge is 2.34. The third-order valence-electron chi connectivity index (χ3n) is 5.49. The first-order valence-corrected chi connectivity index (χ1v) is 9.41. The van der Waals surface area contributed by atoms with E-state index in [0.717, 1.165) is 29.7 Å². The second-order valence-electron chi connectivity index (χ2n) is 7.22. The van der Waals surface area contributed by atoms with Crippen LogP contribution in [0.4, 0.5) is 5.69 Å². The lowest BCUT2D eigenvalue weighted by Gasteiger charge is -2.25. The summed E-state index contributed by atoms with van der Waals surface area (Å²) in [5.74, 6) is 1.22. The number of aryl methyl sites for hydroxylation is 1. The molecule has 142 valence electrons. The fourth-order valence-electron chi connectivity index (χ4n) is 4.12. The number of nitrogens with one attached hydrogen (secondary N) is 1. The van der Waals surface area contributed by atoms with Crippen LogP contribution in [0.25, 0.3) is 11.0 Å². The predicted octanol–water partition coefficient (Wildman–Crippen LogP) is 2.88. The molecule has 1 saturated heterocycles. The third-order valence-corrected chi connectivity index (χ3v) is 5.49. The van der Waals surface area contributed by atoms with E-state index in [0.29, 0.717) is 23.5 Å². The quantitative estimate of drug-likeness (QED) is 0.746. The fraction of sp³-hybridized carbons (Fsp3) is 0.286. The number of ether oxygens (including phenoxy) is 1. The van der Waals surface area contributed by atoms with Crippen LogP contribution in [0.2, 0.25) is 0 Å². The van der Waals surface area contributed by atoms with Crippen molar-refractivity contribution in [2.45, 2.75) is 18.9 Å². The lowest BCUT2D eigenvalue weighted by Crippen LogP contribution is -2.32. The largest absolute Gasteiger partial charge is 0.482 e. The van der Waals surface area contributed by atoms with E-state index in [4.69, 9.17) is 9.72 Å². The molecule has 2 aromatic carbocycles. The van der Waals surface area contributed by atoms with Gasteiger partial charge in [0, 0.05) is 19.2 Å². The number of aromatic nitrogens is 2. The molecule has 7 heteroatoms. The number of hydrogen-bond acceptors (Lipinski definition) is 4. The molecular formula is C21H20N4O3. The van der Waals surface area contributed by atoms with Crippen LogP contribution in [-0.4, -0.2) is 39.4 Å². The van der Waals surface area contributed by atoms with E-state index in [1.807, 2.05) is 36.2 Å². The van der Waals surface area contributed by atoms with Crippen molar-refractivity contribution in [2.75, 3.05) is 18.5 Å². The van der Waals surface area contributed by atoms with Gasteiger partial charge in [-0.15, -0.1) is 0 Å². The number of carbonyl (C=O) groups excluding carboxylic acids is 2. The van der Waals surface area contributed by atoms with E-state index in [-0.39, 0.29) is 24.5 Å². The normalized spacial score (nSPS) is 18.7. The van der Waals surface area contributed by atoms with Crippen molar-refractivity contribution in [3.63, 3.8) is 0 Å². The minimum Gasteiger partial charge on any atom is -0.482 e. The number of anilines is 1. The van der Waals surface area contributed by atoms with Gasteiger partial charge < -0.3 is 19.5 Å². The van der Waals surface area contributed by atoms with E-state index >= 15 is 0 Å². The highest BCUT2D eigenvalue weighted by molar-refractivity contribution is 6.00. The highest BCUT2D eigenvalue weighted by Crippen LogP contribution is 2.35. The lowest BCUT2D eigenvalue weighted by molar-refractivity contribution is -0.118. The van der Waals surface area contributed by atoms with Gasteiger partial charge >= 0.3 is 0 Å². The number of benzene rings is 2. The van der Waals surface area contributed by atoms with Gasteiger partial charge in [0.1, 0.15) is 11.6 Å². The van der Waals surface area contributed by atoms with Crippen LogP contribution >= 0.6 is 0 Å². The Hall–Kier alpha value is -3.35.